The summed E-state index contributed by atoms with van der Waals surface area (Å²) in [6, 6.07) is 0.298. The molecule has 0 radical (unpaired) electrons. The Kier molecular flexibility index (Phi) is 9.06. The van der Waals surface area contributed by atoms with Gasteiger partial charge in [0, 0.05) is 6.61 Å². The van der Waals surface area contributed by atoms with Crippen molar-refractivity contribution in [2.75, 3.05) is 20.3 Å². The van der Waals surface area contributed by atoms with Gasteiger partial charge in [0.2, 0.25) is 0 Å². The highest BCUT2D eigenvalue weighted by atomic mass is 16.5. The smallest absolute Gasteiger partial charge is 0.0750 e. The number of hydrogen-bond acceptors (Lipinski definition) is 3. The molecule has 3 heteroatoms. The predicted molar refractivity (Wildman–Crippen MR) is 64.3 cm³/mol. The minimum Gasteiger partial charge on any atom is -0.377 e. The Labute approximate surface area is 94.5 Å². The van der Waals surface area contributed by atoms with Gasteiger partial charge in [-0.15, -0.1) is 0 Å². The van der Waals surface area contributed by atoms with Gasteiger partial charge in [-0.25, -0.2) is 0 Å². The van der Waals surface area contributed by atoms with Crippen molar-refractivity contribution in [1.82, 2.24) is 5.32 Å². The molecule has 0 saturated carbocycles. The summed E-state index contributed by atoms with van der Waals surface area (Å²) in [4.78, 5) is 0. The van der Waals surface area contributed by atoms with Gasteiger partial charge in [-0.05, 0) is 34.2 Å². The highest BCUT2D eigenvalue weighted by Gasteiger charge is 2.19. The summed E-state index contributed by atoms with van der Waals surface area (Å²) in [6.45, 7) is 9.83. The summed E-state index contributed by atoms with van der Waals surface area (Å²) >= 11 is 0. The molecule has 0 aromatic carbocycles. The lowest BCUT2D eigenvalue weighted by atomic mass is 10.1. The van der Waals surface area contributed by atoms with Gasteiger partial charge in [-0.1, -0.05) is 13.3 Å². The van der Waals surface area contributed by atoms with Crippen molar-refractivity contribution >= 4 is 0 Å². The highest BCUT2D eigenvalue weighted by Crippen LogP contribution is 2.08. The van der Waals surface area contributed by atoms with Crippen LogP contribution in [0.5, 0.6) is 0 Å². The number of ether oxygens (including phenoxy) is 2. The maximum absolute atomic E-state index is 5.73. The Morgan fingerprint density at radius 2 is 1.80 bits per heavy atom. The first-order valence-electron chi connectivity index (χ1n) is 6.06. The Morgan fingerprint density at radius 1 is 1.13 bits per heavy atom. The van der Waals surface area contributed by atoms with Gasteiger partial charge >= 0.3 is 0 Å². The van der Waals surface area contributed by atoms with E-state index in [1.54, 1.807) is 0 Å². The topological polar surface area (TPSA) is 30.5 Å². The third kappa shape index (κ3) is 6.88. The molecule has 0 bridgehead atoms. The molecule has 15 heavy (non-hydrogen) atoms. The van der Waals surface area contributed by atoms with Crippen LogP contribution < -0.4 is 5.32 Å². The van der Waals surface area contributed by atoms with Gasteiger partial charge in [0.25, 0.3) is 0 Å². The number of likely N-dealkylation sites (N-methyl/N-ethyl adjacent to an activating group) is 1. The lowest BCUT2D eigenvalue weighted by molar-refractivity contribution is -0.0153. The quantitative estimate of drug-likeness (QED) is 0.642. The molecule has 0 heterocycles. The summed E-state index contributed by atoms with van der Waals surface area (Å²) in [5.74, 6) is 0. The van der Waals surface area contributed by atoms with Gasteiger partial charge in [0.15, 0.2) is 0 Å². The Bertz CT molecular complexity index is 134. The van der Waals surface area contributed by atoms with Crippen LogP contribution >= 0.6 is 0 Å². The van der Waals surface area contributed by atoms with Crippen LogP contribution in [-0.4, -0.2) is 38.5 Å². The van der Waals surface area contributed by atoms with Crippen LogP contribution in [-0.2, 0) is 9.47 Å². The first kappa shape index (κ1) is 14.9. The second kappa shape index (κ2) is 9.13. The molecule has 92 valence electrons. The van der Waals surface area contributed by atoms with Crippen molar-refractivity contribution in [2.45, 2.75) is 58.8 Å². The van der Waals surface area contributed by atoms with E-state index in [1.165, 1.54) is 0 Å². The van der Waals surface area contributed by atoms with E-state index in [0.717, 1.165) is 26.1 Å². The van der Waals surface area contributed by atoms with Crippen LogP contribution in [0, 0.1) is 0 Å². The average molecular weight is 217 g/mol. The summed E-state index contributed by atoms with van der Waals surface area (Å²) < 4.78 is 11.4. The first-order valence-corrected chi connectivity index (χ1v) is 6.06. The minimum atomic E-state index is 0.267. The largest absolute Gasteiger partial charge is 0.377 e. The molecule has 0 spiro atoms. The molecule has 3 nitrogen and oxygen atoms in total. The van der Waals surface area contributed by atoms with Crippen LogP contribution in [0.1, 0.15) is 40.5 Å². The molecular formula is C12H27NO2. The molecule has 0 rings (SSSR count). The van der Waals surface area contributed by atoms with Gasteiger partial charge < -0.3 is 14.8 Å². The maximum atomic E-state index is 5.73. The zero-order valence-corrected chi connectivity index (χ0v) is 10.9. The van der Waals surface area contributed by atoms with Gasteiger partial charge in [-0.3, -0.25) is 0 Å². The Balaban J connectivity index is 4.05. The van der Waals surface area contributed by atoms with E-state index in [9.17, 15) is 0 Å². The molecular weight excluding hydrogens is 190 g/mol. The average Bonchev–Trinajstić information content (AvgIpc) is 2.19. The van der Waals surface area contributed by atoms with E-state index in [-0.39, 0.29) is 12.2 Å². The fourth-order valence-corrected chi connectivity index (χ4v) is 1.57. The highest BCUT2D eigenvalue weighted by molar-refractivity contribution is 4.75. The molecule has 0 aromatic rings. The Morgan fingerprint density at radius 3 is 2.20 bits per heavy atom. The molecule has 0 aliphatic carbocycles. The molecule has 0 saturated heterocycles. The zero-order valence-electron chi connectivity index (χ0n) is 10.9. The maximum Gasteiger partial charge on any atom is 0.0750 e. The van der Waals surface area contributed by atoms with E-state index in [0.29, 0.717) is 6.04 Å². The van der Waals surface area contributed by atoms with Crippen molar-refractivity contribution in [3.63, 3.8) is 0 Å². The summed E-state index contributed by atoms with van der Waals surface area (Å²) in [5, 5.41) is 3.28. The molecule has 0 fully saturated rings. The lowest BCUT2D eigenvalue weighted by Gasteiger charge is -2.27. The van der Waals surface area contributed by atoms with E-state index in [1.807, 2.05) is 14.0 Å². The summed E-state index contributed by atoms with van der Waals surface area (Å²) in [6.07, 6.45) is 2.78. The van der Waals surface area contributed by atoms with E-state index in [2.05, 4.69) is 26.1 Å². The first-order chi connectivity index (χ1) is 7.15. The fraction of sp³-hybridized carbons (Fsp3) is 1.00. The van der Waals surface area contributed by atoms with E-state index >= 15 is 0 Å². The summed E-state index contributed by atoms with van der Waals surface area (Å²) in [5.41, 5.74) is 0. The van der Waals surface area contributed by atoms with Crippen LogP contribution in [0.15, 0.2) is 0 Å². The zero-order chi connectivity index (χ0) is 11.7. The molecule has 0 amide bonds. The number of hydrogen-bond donors (Lipinski definition) is 1. The second-order valence-electron chi connectivity index (χ2n) is 4.06. The van der Waals surface area contributed by atoms with Crippen LogP contribution in [0.2, 0.25) is 0 Å². The molecule has 2 atom stereocenters. The van der Waals surface area contributed by atoms with Crippen LogP contribution in [0.4, 0.5) is 0 Å². The standard InChI is InChI=1S/C12H27NO2/c1-6-8-12(14-7-2)11(13-5)9-15-10(3)4/h10-13H,6-9H2,1-5H3. The van der Waals surface area contributed by atoms with Crippen molar-refractivity contribution in [3.05, 3.63) is 0 Å². The Hall–Kier alpha value is -0.120. The number of nitrogens with one attached hydrogen (secondary N) is 1. The summed E-state index contributed by atoms with van der Waals surface area (Å²) in [7, 11) is 1.97. The van der Waals surface area contributed by atoms with Crippen LogP contribution in [0.3, 0.4) is 0 Å². The molecule has 0 aromatic heterocycles. The van der Waals surface area contributed by atoms with Crippen molar-refractivity contribution < 1.29 is 9.47 Å². The van der Waals surface area contributed by atoms with Gasteiger partial charge in [0.05, 0.1) is 24.9 Å². The fourth-order valence-electron chi connectivity index (χ4n) is 1.57. The van der Waals surface area contributed by atoms with Crippen molar-refractivity contribution in [1.29, 1.82) is 0 Å². The predicted octanol–water partition coefficient (Wildman–Crippen LogP) is 2.20. The third-order valence-corrected chi connectivity index (χ3v) is 2.38. The molecule has 2 unspecified atom stereocenters. The minimum absolute atomic E-state index is 0.267. The van der Waals surface area contributed by atoms with Crippen molar-refractivity contribution in [2.24, 2.45) is 0 Å². The van der Waals surface area contributed by atoms with Crippen LogP contribution in [0.25, 0.3) is 0 Å². The monoisotopic (exact) mass is 217 g/mol. The van der Waals surface area contributed by atoms with E-state index < -0.39 is 0 Å². The molecule has 0 aliphatic heterocycles. The van der Waals surface area contributed by atoms with Gasteiger partial charge in [-0.2, -0.15) is 0 Å². The molecule has 0 aliphatic rings. The molecule has 1 N–H and O–H groups in total. The number of rotatable bonds is 9. The second-order valence-corrected chi connectivity index (χ2v) is 4.06. The van der Waals surface area contributed by atoms with Gasteiger partial charge in [0.1, 0.15) is 0 Å². The SMILES string of the molecule is CCCC(OCC)C(COC(C)C)NC. The lowest BCUT2D eigenvalue weighted by Crippen LogP contribution is -2.43. The third-order valence-electron chi connectivity index (χ3n) is 2.38. The van der Waals surface area contributed by atoms with Crippen molar-refractivity contribution in [3.8, 4) is 0 Å². The normalized spacial score (nSPS) is 15.6. The van der Waals surface area contributed by atoms with E-state index in [4.69, 9.17) is 9.47 Å².